The number of hydrogen-bond donors (Lipinski definition) is 2. The van der Waals surface area contributed by atoms with Gasteiger partial charge in [-0.25, -0.2) is 9.97 Å². The highest BCUT2D eigenvalue weighted by Crippen LogP contribution is 2.25. The van der Waals surface area contributed by atoms with Crippen LogP contribution in [0, 0.1) is 0 Å². The van der Waals surface area contributed by atoms with Gasteiger partial charge in [-0.05, 0) is 30.2 Å². The lowest BCUT2D eigenvalue weighted by Crippen LogP contribution is -2.15. The van der Waals surface area contributed by atoms with Gasteiger partial charge in [-0.15, -0.1) is 0 Å². The Balaban J connectivity index is 2.39. The summed E-state index contributed by atoms with van der Waals surface area (Å²) in [6.45, 7) is 2.10. The van der Waals surface area contributed by atoms with Crippen molar-refractivity contribution in [2.24, 2.45) is 5.73 Å². The van der Waals surface area contributed by atoms with Gasteiger partial charge in [-0.3, -0.25) is 0 Å². The quantitative estimate of drug-likeness (QED) is 0.839. The van der Waals surface area contributed by atoms with E-state index in [0.717, 1.165) is 16.6 Å². The zero-order valence-corrected chi connectivity index (χ0v) is 12.8. The van der Waals surface area contributed by atoms with Crippen LogP contribution in [0.25, 0.3) is 0 Å². The Hall–Kier alpha value is -1.53. The number of halogens is 1. The van der Waals surface area contributed by atoms with Gasteiger partial charge in [-0.1, -0.05) is 35.1 Å². The van der Waals surface area contributed by atoms with Gasteiger partial charge in [0.05, 0.1) is 0 Å². The molecule has 0 saturated heterocycles. The number of rotatable bonds is 4. The lowest BCUT2D eigenvalue weighted by molar-refractivity contribution is 1.12. The summed E-state index contributed by atoms with van der Waals surface area (Å²) in [5.41, 5.74) is 8.30. The Morgan fingerprint density at radius 2 is 2.11 bits per heavy atom. The summed E-state index contributed by atoms with van der Waals surface area (Å²) in [5.74, 6) is 0.576. The molecule has 0 amide bonds. The molecule has 0 radical (unpaired) electrons. The molecule has 19 heavy (non-hydrogen) atoms. The standard InChI is InChI=1S/C13H13BrN4S/c1-2-8-7-9(14)3-4-10(8)18-13-11(12(15)19)16-5-6-17-13/h3-7H,2H2,1H3,(H2,15,19)(H,17,18). The smallest absolute Gasteiger partial charge is 0.159 e. The van der Waals surface area contributed by atoms with Crippen LogP contribution >= 0.6 is 28.1 Å². The Kier molecular flexibility index (Phi) is 4.44. The SMILES string of the molecule is CCc1cc(Br)ccc1Nc1nccnc1C(N)=S. The monoisotopic (exact) mass is 336 g/mol. The maximum Gasteiger partial charge on any atom is 0.159 e. The second-order valence-electron chi connectivity index (χ2n) is 3.90. The molecule has 0 aliphatic carbocycles. The molecule has 0 aliphatic heterocycles. The number of aryl methyl sites for hydroxylation is 1. The molecule has 0 bridgehead atoms. The molecule has 6 heteroatoms. The van der Waals surface area contributed by atoms with Crippen molar-refractivity contribution in [2.45, 2.75) is 13.3 Å². The van der Waals surface area contributed by atoms with E-state index in [1.165, 1.54) is 5.56 Å². The van der Waals surface area contributed by atoms with E-state index in [2.05, 4.69) is 44.2 Å². The van der Waals surface area contributed by atoms with E-state index in [4.69, 9.17) is 18.0 Å². The molecule has 0 unspecified atom stereocenters. The van der Waals surface area contributed by atoms with Crippen molar-refractivity contribution in [3.8, 4) is 0 Å². The fourth-order valence-electron chi connectivity index (χ4n) is 1.71. The summed E-state index contributed by atoms with van der Waals surface area (Å²) in [4.78, 5) is 8.61. The number of benzene rings is 1. The molecule has 0 saturated carbocycles. The predicted molar refractivity (Wildman–Crippen MR) is 84.7 cm³/mol. The van der Waals surface area contributed by atoms with E-state index < -0.39 is 0 Å². The molecule has 98 valence electrons. The van der Waals surface area contributed by atoms with Crippen LogP contribution in [-0.2, 0) is 6.42 Å². The second-order valence-corrected chi connectivity index (χ2v) is 5.25. The second kappa shape index (κ2) is 6.08. The number of anilines is 2. The summed E-state index contributed by atoms with van der Waals surface area (Å²) in [7, 11) is 0. The maximum atomic E-state index is 5.64. The highest BCUT2D eigenvalue weighted by molar-refractivity contribution is 9.10. The molecule has 2 rings (SSSR count). The molecular weight excluding hydrogens is 324 g/mol. The molecule has 1 aromatic heterocycles. The summed E-state index contributed by atoms with van der Waals surface area (Å²) in [6.07, 6.45) is 4.08. The van der Waals surface area contributed by atoms with E-state index in [1.807, 2.05) is 12.1 Å². The Bertz CT molecular complexity index is 615. The topological polar surface area (TPSA) is 63.8 Å². The first-order valence-corrected chi connectivity index (χ1v) is 6.98. The van der Waals surface area contributed by atoms with Gasteiger partial charge in [0.25, 0.3) is 0 Å². The van der Waals surface area contributed by atoms with Crippen LogP contribution < -0.4 is 11.1 Å². The highest BCUT2D eigenvalue weighted by Gasteiger charge is 2.09. The minimum Gasteiger partial charge on any atom is -0.388 e. The van der Waals surface area contributed by atoms with Crippen molar-refractivity contribution in [2.75, 3.05) is 5.32 Å². The lowest BCUT2D eigenvalue weighted by atomic mass is 10.1. The molecule has 1 heterocycles. The third kappa shape index (κ3) is 3.27. The van der Waals surface area contributed by atoms with Crippen molar-refractivity contribution in [3.05, 3.63) is 46.3 Å². The van der Waals surface area contributed by atoms with Crippen molar-refractivity contribution in [3.63, 3.8) is 0 Å². The minimum absolute atomic E-state index is 0.228. The van der Waals surface area contributed by atoms with Gasteiger partial charge >= 0.3 is 0 Å². The lowest BCUT2D eigenvalue weighted by Gasteiger charge is -2.12. The van der Waals surface area contributed by atoms with Crippen LogP contribution in [0.5, 0.6) is 0 Å². The van der Waals surface area contributed by atoms with Gasteiger partial charge in [0.1, 0.15) is 10.7 Å². The van der Waals surface area contributed by atoms with Crippen molar-refractivity contribution < 1.29 is 0 Å². The summed E-state index contributed by atoms with van der Waals surface area (Å²) in [6, 6.07) is 6.03. The Morgan fingerprint density at radius 1 is 1.37 bits per heavy atom. The third-order valence-electron chi connectivity index (χ3n) is 2.63. The number of nitrogens with one attached hydrogen (secondary N) is 1. The van der Waals surface area contributed by atoms with Gasteiger partial charge < -0.3 is 11.1 Å². The number of thiocarbonyl (C=S) groups is 1. The summed E-state index contributed by atoms with van der Waals surface area (Å²) >= 11 is 8.44. The summed E-state index contributed by atoms with van der Waals surface area (Å²) in [5, 5.41) is 3.24. The fourth-order valence-corrected chi connectivity index (χ4v) is 2.27. The Labute approximate surface area is 125 Å². The molecule has 2 aromatic rings. The van der Waals surface area contributed by atoms with Gasteiger partial charge in [0.15, 0.2) is 5.82 Å². The van der Waals surface area contributed by atoms with Gasteiger partial charge in [0.2, 0.25) is 0 Å². The fraction of sp³-hybridized carbons (Fsp3) is 0.154. The van der Waals surface area contributed by atoms with E-state index in [9.17, 15) is 0 Å². The predicted octanol–water partition coefficient (Wildman–Crippen LogP) is 3.18. The van der Waals surface area contributed by atoms with Crippen LogP contribution in [0.2, 0.25) is 0 Å². The first kappa shape index (κ1) is 13.9. The van der Waals surface area contributed by atoms with Crippen molar-refractivity contribution in [1.29, 1.82) is 0 Å². The zero-order valence-electron chi connectivity index (χ0n) is 10.4. The summed E-state index contributed by atoms with van der Waals surface area (Å²) < 4.78 is 1.05. The van der Waals surface area contributed by atoms with Gasteiger partial charge in [-0.2, -0.15) is 0 Å². The van der Waals surface area contributed by atoms with E-state index in [-0.39, 0.29) is 4.99 Å². The molecule has 3 N–H and O–H groups in total. The van der Waals surface area contributed by atoms with Gasteiger partial charge in [0, 0.05) is 22.6 Å². The largest absolute Gasteiger partial charge is 0.388 e. The number of nitrogens with two attached hydrogens (primary N) is 1. The molecule has 1 aromatic carbocycles. The normalized spacial score (nSPS) is 10.2. The van der Waals surface area contributed by atoms with Crippen LogP contribution in [0.3, 0.4) is 0 Å². The molecule has 4 nitrogen and oxygen atoms in total. The average Bonchev–Trinajstić information content (AvgIpc) is 2.41. The zero-order chi connectivity index (χ0) is 13.8. The number of aromatic nitrogens is 2. The molecule has 0 aliphatic rings. The number of nitrogens with zero attached hydrogens (tertiary/aromatic N) is 2. The maximum absolute atomic E-state index is 5.64. The molecule has 0 spiro atoms. The van der Waals surface area contributed by atoms with E-state index in [0.29, 0.717) is 11.5 Å². The Morgan fingerprint density at radius 3 is 2.79 bits per heavy atom. The van der Waals surface area contributed by atoms with Crippen molar-refractivity contribution >= 4 is 44.6 Å². The molecule has 0 fully saturated rings. The van der Waals surface area contributed by atoms with Crippen LogP contribution in [0.1, 0.15) is 18.2 Å². The van der Waals surface area contributed by atoms with Crippen molar-refractivity contribution in [1.82, 2.24) is 9.97 Å². The number of hydrogen-bond acceptors (Lipinski definition) is 4. The van der Waals surface area contributed by atoms with Crippen LogP contribution in [0.4, 0.5) is 11.5 Å². The highest BCUT2D eigenvalue weighted by atomic mass is 79.9. The minimum atomic E-state index is 0.228. The van der Waals surface area contributed by atoms with E-state index >= 15 is 0 Å². The first-order chi connectivity index (χ1) is 9.11. The molecular formula is C13H13BrN4S. The third-order valence-corrected chi connectivity index (χ3v) is 3.32. The first-order valence-electron chi connectivity index (χ1n) is 5.78. The van der Waals surface area contributed by atoms with Crippen LogP contribution in [0.15, 0.2) is 35.1 Å². The average molecular weight is 337 g/mol. The van der Waals surface area contributed by atoms with Crippen LogP contribution in [-0.4, -0.2) is 15.0 Å². The molecule has 0 atom stereocenters. The van der Waals surface area contributed by atoms with E-state index in [1.54, 1.807) is 12.4 Å².